The Morgan fingerprint density at radius 1 is 1.39 bits per heavy atom. The van der Waals surface area contributed by atoms with Crippen LogP contribution >= 0.6 is 12.4 Å². The molecule has 3 nitrogen and oxygen atoms in total. The second kappa shape index (κ2) is 6.66. The van der Waals surface area contributed by atoms with E-state index in [0.29, 0.717) is 0 Å². The summed E-state index contributed by atoms with van der Waals surface area (Å²) in [6.45, 7) is 3.19. The number of ether oxygens (including phenoxy) is 1. The molecule has 0 bridgehead atoms. The number of carbonyl (C=O) groups is 1. The van der Waals surface area contributed by atoms with Crippen molar-refractivity contribution in [2.24, 2.45) is 5.73 Å². The molecule has 0 aliphatic rings. The first-order valence-electron chi connectivity index (χ1n) is 5.26. The summed E-state index contributed by atoms with van der Waals surface area (Å²) in [7, 11) is 0. The van der Waals surface area contributed by atoms with Crippen LogP contribution in [0.25, 0.3) is 0 Å². The number of halogens is 3. The van der Waals surface area contributed by atoms with Crippen LogP contribution < -0.4 is 5.73 Å². The first-order chi connectivity index (χ1) is 7.89. The topological polar surface area (TPSA) is 52.3 Å². The molecule has 0 aliphatic carbocycles. The molecule has 0 radical (unpaired) electrons. The predicted molar refractivity (Wildman–Crippen MR) is 66.9 cm³/mol. The number of nitrogens with two attached hydrogens (primary N) is 1. The predicted octanol–water partition coefficient (Wildman–Crippen LogP) is 2.62. The zero-order chi connectivity index (χ0) is 13.1. The third-order valence-corrected chi connectivity index (χ3v) is 2.37. The van der Waals surface area contributed by atoms with Gasteiger partial charge >= 0.3 is 11.9 Å². The Morgan fingerprint density at radius 3 is 2.33 bits per heavy atom. The Morgan fingerprint density at radius 2 is 1.89 bits per heavy atom. The van der Waals surface area contributed by atoms with Gasteiger partial charge in [0.2, 0.25) is 0 Å². The molecule has 0 saturated heterocycles. The fourth-order valence-electron chi connectivity index (χ4n) is 1.34. The fourth-order valence-corrected chi connectivity index (χ4v) is 1.34. The molecule has 2 N–H and O–H groups in total. The van der Waals surface area contributed by atoms with Crippen molar-refractivity contribution in [1.29, 1.82) is 0 Å². The number of esters is 1. The first kappa shape index (κ1) is 16.8. The van der Waals surface area contributed by atoms with Crippen LogP contribution in [-0.2, 0) is 9.53 Å². The summed E-state index contributed by atoms with van der Waals surface area (Å²) >= 11 is 0. The minimum absolute atomic E-state index is 0. The average Bonchev–Trinajstić information content (AvgIpc) is 2.29. The number of aryl methyl sites for hydroxylation is 1. The lowest BCUT2D eigenvalue weighted by Gasteiger charge is -2.21. The third-order valence-electron chi connectivity index (χ3n) is 2.37. The molecule has 0 aromatic heterocycles. The van der Waals surface area contributed by atoms with Gasteiger partial charge in [-0.25, -0.2) is 4.79 Å². The molecule has 1 rings (SSSR count). The van der Waals surface area contributed by atoms with Crippen LogP contribution in [0.1, 0.15) is 24.1 Å². The van der Waals surface area contributed by atoms with Crippen LogP contribution in [0.4, 0.5) is 8.78 Å². The molecule has 0 fully saturated rings. The summed E-state index contributed by atoms with van der Waals surface area (Å²) in [5.41, 5.74) is 6.54. The molecule has 102 valence electrons. The van der Waals surface area contributed by atoms with Gasteiger partial charge in [0.25, 0.3) is 0 Å². The van der Waals surface area contributed by atoms with Gasteiger partial charge < -0.3 is 10.5 Å². The summed E-state index contributed by atoms with van der Waals surface area (Å²) in [4.78, 5) is 11.1. The molecule has 0 saturated carbocycles. The lowest BCUT2D eigenvalue weighted by Crippen LogP contribution is -2.41. The van der Waals surface area contributed by atoms with E-state index >= 15 is 0 Å². The Balaban J connectivity index is 0.00000289. The summed E-state index contributed by atoms with van der Waals surface area (Å²) in [6, 6.07) is 4.59. The summed E-state index contributed by atoms with van der Waals surface area (Å²) < 4.78 is 31.5. The van der Waals surface area contributed by atoms with E-state index in [0.717, 1.165) is 5.56 Å². The van der Waals surface area contributed by atoms with Crippen molar-refractivity contribution in [3.63, 3.8) is 0 Å². The van der Waals surface area contributed by atoms with Crippen molar-refractivity contribution < 1.29 is 18.3 Å². The highest BCUT2D eigenvalue weighted by Crippen LogP contribution is 2.30. The van der Waals surface area contributed by atoms with Gasteiger partial charge in [0.05, 0.1) is 6.61 Å². The van der Waals surface area contributed by atoms with E-state index in [9.17, 15) is 13.6 Å². The maximum atomic E-state index is 13.6. The quantitative estimate of drug-likeness (QED) is 0.862. The van der Waals surface area contributed by atoms with E-state index in [1.54, 1.807) is 12.1 Å². The molecule has 18 heavy (non-hydrogen) atoms. The zero-order valence-corrected chi connectivity index (χ0v) is 11.0. The molecular weight excluding hydrogens is 264 g/mol. The van der Waals surface area contributed by atoms with Crippen molar-refractivity contribution in [3.05, 3.63) is 35.4 Å². The van der Waals surface area contributed by atoms with Crippen LogP contribution in [0.2, 0.25) is 0 Å². The van der Waals surface area contributed by atoms with Gasteiger partial charge in [0.15, 0.2) is 0 Å². The van der Waals surface area contributed by atoms with Crippen molar-refractivity contribution in [1.82, 2.24) is 0 Å². The number of hydrogen-bond acceptors (Lipinski definition) is 3. The van der Waals surface area contributed by atoms with E-state index in [2.05, 4.69) is 4.74 Å². The molecule has 6 heteroatoms. The van der Waals surface area contributed by atoms with Gasteiger partial charge in [-0.1, -0.05) is 29.8 Å². The second-order valence-electron chi connectivity index (χ2n) is 3.73. The summed E-state index contributed by atoms with van der Waals surface area (Å²) in [6.07, 6.45) is 0. The van der Waals surface area contributed by atoms with Gasteiger partial charge in [-0.05, 0) is 19.4 Å². The Labute approximate surface area is 111 Å². The lowest BCUT2D eigenvalue weighted by atomic mass is 10.0. The minimum atomic E-state index is -3.72. The molecular formula is C12H16ClF2NO2. The lowest BCUT2D eigenvalue weighted by molar-refractivity contribution is -0.174. The summed E-state index contributed by atoms with van der Waals surface area (Å²) in [5, 5.41) is 0. The van der Waals surface area contributed by atoms with Crippen molar-refractivity contribution in [2.75, 3.05) is 6.61 Å². The fraction of sp³-hybridized carbons (Fsp3) is 0.417. The van der Waals surface area contributed by atoms with Gasteiger partial charge in [-0.3, -0.25) is 0 Å². The Kier molecular flexibility index (Phi) is 6.21. The average molecular weight is 280 g/mol. The van der Waals surface area contributed by atoms with Crippen molar-refractivity contribution in [3.8, 4) is 0 Å². The molecule has 0 heterocycles. The van der Waals surface area contributed by atoms with Crippen LogP contribution in [0.5, 0.6) is 0 Å². The van der Waals surface area contributed by atoms with E-state index in [4.69, 9.17) is 5.73 Å². The third kappa shape index (κ3) is 3.65. The smallest absolute Gasteiger partial charge is 0.379 e. The standard InChI is InChI=1S/C12H15F2NO2.ClH/c1-3-17-11(16)12(13,14)10(15)9-6-4-8(2)5-7-9;/h4-7,10H,3,15H2,1-2H3;1H/t10-;/m1./s1. The van der Waals surface area contributed by atoms with Gasteiger partial charge in [-0.15, -0.1) is 12.4 Å². The molecule has 0 aliphatic heterocycles. The first-order valence-corrected chi connectivity index (χ1v) is 5.26. The molecule has 0 unspecified atom stereocenters. The number of benzene rings is 1. The van der Waals surface area contributed by atoms with Crippen molar-refractivity contribution >= 4 is 18.4 Å². The highest BCUT2D eigenvalue weighted by atomic mass is 35.5. The largest absolute Gasteiger partial charge is 0.462 e. The maximum absolute atomic E-state index is 13.6. The Bertz CT molecular complexity index is 396. The normalized spacial score (nSPS) is 12.5. The number of rotatable bonds is 4. The molecule has 1 aromatic carbocycles. The van der Waals surface area contributed by atoms with Crippen LogP contribution in [-0.4, -0.2) is 18.5 Å². The SMILES string of the molecule is CCOC(=O)C(F)(F)[C@H](N)c1ccc(C)cc1.Cl. The van der Waals surface area contributed by atoms with Crippen LogP contribution in [0.3, 0.4) is 0 Å². The molecule has 1 aromatic rings. The van der Waals surface area contributed by atoms with Gasteiger partial charge in [0, 0.05) is 0 Å². The minimum Gasteiger partial charge on any atom is -0.462 e. The second-order valence-corrected chi connectivity index (χ2v) is 3.73. The highest BCUT2D eigenvalue weighted by Gasteiger charge is 2.47. The van der Waals surface area contributed by atoms with E-state index in [1.165, 1.54) is 19.1 Å². The van der Waals surface area contributed by atoms with E-state index in [1.807, 2.05) is 6.92 Å². The van der Waals surface area contributed by atoms with Crippen LogP contribution in [0.15, 0.2) is 24.3 Å². The number of carbonyl (C=O) groups excluding carboxylic acids is 1. The van der Waals surface area contributed by atoms with Gasteiger partial charge in [-0.2, -0.15) is 8.78 Å². The monoisotopic (exact) mass is 279 g/mol. The highest BCUT2D eigenvalue weighted by molar-refractivity contribution is 5.85. The summed E-state index contributed by atoms with van der Waals surface area (Å²) in [5.74, 6) is -5.31. The number of alkyl halides is 2. The van der Waals surface area contributed by atoms with Crippen LogP contribution in [0, 0.1) is 6.92 Å². The number of hydrogen-bond donors (Lipinski definition) is 1. The zero-order valence-electron chi connectivity index (χ0n) is 10.2. The van der Waals surface area contributed by atoms with E-state index < -0.39 is 17.9 Å². The molecule has 1 atom stereocenters. The maximum Gasteiger partial charge on any atom is 0.379 e. The molecule has 0 amide bonds. The van der Waals surface area contributed by atoms with Gasteiger partial charge in [0.1, 0.15) is 6.04 Å². The molecule has 0 spiro atoms. The van der Waals surface area contributed by atoms with E-state index in [-0.39, 0.29) is 24.6 Å². The van der Waals surface area contributed by atoms with Crippen molar-refractivity contribution in [2.45, 2.75) is 25.8 Å². The Hall–Kier alpha value is -1.20.